The zero-order chi connectivity index (χ0) is 28.6. The molecule has 0 aliphatic carbocycles. The summed E-state index contributed by atoms with van der Waals surface area (Å²) < 4.78 is 25.2. The summed E-state index contributed by atoms with van der Waals surface area (Å²) in [5.74, 6) is 1.20. The minimum absolute atomic E-state index is 0.304. The molecule has 9 nitrogen and oxygen atoms in total. The predicted octanol–water partition coefficient (Wildman–Crippen LogP) is 6.35. The summed E-state index contributed by atoms with van der Waals surface area (Å²) in [6.07, 6.45) is 0.336. The number of thiazole rings is 1. The maximum Gasteiger partial charge on any atom is 0.410 e. The first-order chi connectivity index (χ1) is 19.1. The molecule has 1 aromatic carbocycles. The minimum atomic E-state index is -0.535. The van der Waals surface area contributed by atoms with Crippen LogP contribution in [-0.4, -0.2) is 59.8 Å². The van der Waals surface area contributed by atoms with Crippen LogP contribution in [0.1, 0.15) is 38.3 Å². The van der Waals surface area contributed by atoms with Gasteiger partial charge in [0.2, 0.25) is 0 Å². The van der Waals surface area contributed by atoms with Gasteiger partial charge in [0.15, 0.2) is 10.7 Å². The number of pyridine rings is 1. The highest BCUT2D eigenvalue weighted by molar-refractivity contribution is 7.16. The second kappa shape index (κ2) is 10.8. The van der Waals surface area contributed by atoms with Crippen LogP contribution in [0.4, 0.5) is 25.8 Å². The smallest absolute Gasteiger partial charge is 0.410 e. The highest BCUT2D eigenvalue weighted by Crippen LogP contribution is 2.41. The monoisotopic (exact) mass is 562 g/mol. The lowest BCUT2D eigenvalue weighted by Crippen LogP contribution is -2.50. The molecule has 5 rings (SSSR count). The van der Waals surface area contributed by atoms with Gasteiger partial charge in [-0.15, -0.1) is 0 Å². The Morgan fingerprint density at radius 1 is 1.15 bits per heavy atom. The van der Waals surface area contributed by atoms with Crippen LogP contribution in [0.25, 0.3) is 22.4 Å². The van der Waals surface area contributed by atoms with E-state index < -0.39 is 5.60 Å². The van der Waals surface area contributed by atoms with Crippen molar-refractivity contribution in [1.82, 2.24) is 14.9 Å². The van der Waals surface area contributed by atoms with Gasteiger partial charge < -0.3 is 23.9 Å². The Kier molecular flexibility index (Phi) is 7.38. The molecule has 1 fully saturated rings. The molecule has 40 heavy (non-hydrogen) atoms. The van der Waals surface area contributed by atoms with Crippen LogP contribution in [0.5, 0.6) is 0 Å². The molecule has 208 valence electrons. The van der Waals surface area contributed by atoms with Gasteiger partial charge in [-0.05, 0) is 57.2 Å². The Hall–Kier alpha value is -4.17. The maximum absolute atomic E-state index is 13.5. The third-order valence-electron chi connectivity index (χ3n) is 6.60. The van der Waals surface area contributed by atoms with Crippen molar-refractivity contribution in [2.24, 2.45) is 0 Å². The van der Waals surface area contributed by atoms with Gasteiger partial charge in [-0.2, -0.15) is 5.26 Å². The number of benzene rings is 1. The van der Waals surface area contributed by atoms with Crippen molar-refractivity contribution < 1.29 is 18.3 Å². The lowest BCUT2D eigenvalue weighted by molar-refractivity contribution is 0.0240. The van der Waals surface area contributed by atoms with Crippen LogP contribution < -0.4 is 9.80 Å². The number of amides is 1. The summed E-state index contributed by atoms with van der Waals surface area (Å²) in [5, 5.41) is 10.4. The van der Waals surface area contributed by atoms with Crippen LogP contribution >= 0.6 is 11.3 Å². The Morgan fingerprint density at radius 3 is 2.48 bits per heavy atom. The summed E-state index contributed by atoms with van der Waals surface area (Å²) >= 11 is 1.26. The number of hydrogen-bond acceptors (Lipinski definition) is 9. The Balaban J connectivity index is 1.43. The number of ether oxygens (including phenoxy) is 1. The van der Waals surface area contributed by atoms with Crippen molar-refractivity contribution in [2.75, 3.05) is 43.0 Å². The average Bonchev–Trinajstić information content (AvgIpc) is 3.53. The molecule has 1 amide bonds. The molecule has 4 aromatic rings. The third-order valence-corrected chi connectivity index (χ3v) is 7.64. The molecular formula is C29H31FN6O3S. The van der Waals surface area contributed by atoms with Crippen molar-refractivity contribution in [3.63, 3.8) is 0 Å². The number of halogens is 1. The molecule has 1 aliphatic heterocycles. The molecule has 4 heterocycles. The molecule has 0 saturated carbocycles. The predicted molar refractivity (Wildman–Crippen MR) is 154 cm³/mol. The largest absolute Gasteiger partial charge is 0.457 e. The first-order valence-electron chi connectivity index (χ1n) is 13.1. The van der Waals surface area contributed by atoms with E-state index in [1.165, 1.54) is 23.5 Å². The van der Waals surface area contributed by atoms with E-state index in [9.17, 15) is 14.4 Å². The molecule has 0 bridgehead atoms. The SMILES string of the molecule is CCc1oc2ccc(N3CCN(C(=O)OC(C)(C)C)CC3)nc2c1N(C)c1nc(-c2ccc(F)cc2)c(C#N)s1. The molecule has 0 unspecified atom stereocenters. The second-order valence-corrected chi connectivity index (χ2v) is 11.5. The summed E-state index contributed by atoms with van der Waals surface area (Å²) in [6.45, 7) is 9.92. The number of carbonyl (C=O) groups excluding carboxylic acids is 1. The number of nitriles is 1. The summed E-state index contributed by atoms with van der Waals surface area (Å²) in [4.78, 5) is 28.4. The lowest BCUT2D eigenvalue weighted by Gasteiger charge is -2.36. The van der Waals surface area contributed by atoms with Crippen LogP contribution in [0.2, 0.25) is 0 Å². The standard InChI is InChI=1S/C29H31FN6O3S/c1-6-20-26(34(5)27-33-24(22(17-31)40-27)18-7-9-19(30)10-8-18)25-21(38-20)11-12-23(32-25)35-13-15-36(16-14-35)28(37)39-29(2,3)4/h7-12H,6,13-16H2,1-5H3. The number of nitrogens with zero attached hydrogens (tertiary/aromatic N) is 6. The van der Waals surface area contributed by atoms with E-state index in [0.29, 0.717) is 65.0 Å². The van der Waals surface area contributed by atoms with E-state index in [2.05, 4.69) is 11.0 Å². The molecule has 0 spiro atoms. The first-order valence-corrected chi connectivity index (χ1v) is 14.0. The Morgan fingerprint density at radius 2 is 1.85 bits per heavy atom. The summed E-state index contributed by atoms with van der Waals surface area (Å²) in [5.41, 5.74) is 2.79. The summed E-state index contributed by atoms with van der Waals surface area (Å²) in [7, 11) is 1.88. The molecule has 1 aliphatic rings. The third kappa shape index (κ3) is 5.45. The fraction of sp³-hybridized carbons (Fsp3) is 0.379. The zero-order valence-corrected chi connectivity index (χ0v) is 24.0. The number of hydrogen-bond donors (Lipinski definition) is 0. The Labute approximate surface area is 236 Å². The lowest BCUT2D eigenvalue weighted by atomic mass is 10.1. The first kappa shape index (κ1) is 27.4. The number of rotatable bonds is 5. The fourth-order valence-corrected chi connectivity index (χ4v) is 5.49. The van der Waals surface area contributed by atoms with Gasteiger partial charge in [0.25, 0.3) is 0 Å². The van der Waals surface area contributed by atoms with Gasteiger partial charge in [0.1, 0.15) is 50.8 Å². The van der Waals surface area contributed by atoms with E-state index >= 15 is 0 Å². The molecule has 1 saturated heterocycles. The average molecular weight is 563 g/mol. The highest BCUT2D eigenvalue weighted by Gasteiger charge is 2.28. The number of aromatic nitrogens is 2. The zero-order valence-electron chi connectivity index (χ0n) is 23.2. The Bertz CT molecular complexity index is 1580. The van der Waals surface area contributed by atoms with Crippen molar-refractivity contribution in [1.29, 1.82) is 5.26 Å². The number of fused-ring (bicyclic) bond motifs is 1. The number of anilines is 3. The number of aryl methyl sites for hydroxylation is 1. The van der Waals surface area contributed by atoms with Gasteiger partial charge in [-0.3, -0.25) is 0 Å². The maximum atomic E-state index is 13.5. The van der Waals surface area contributed by atoms with Gasteiger partial charge in [0.05, 0.1) is 0 Å². The van der Waals surface area contributed by atoms with E-state index in [1.54, 1.807) is 17.0 Å². The minimum Gasteiger partial charge on any atom is -0.457 e. The van der Waals surface area contributed by atoms with Crippen LogP contribution in [-0.2, 0) is 11.2 Å². The van der Waals surface area contributed by atoms with Gasteiger partial charge in [0, 0.05) is 45.2 Å². The highest BCUT2D eigenvalue weighted by atomic mass is 32.1. The van der Waals surface area contributed by atoms with Crippen molar-refractivity contribution in [2.45, 2.75) is 39.7 Å². The van der Waals surface area contributed by atoms with Crippen molar-refractivity contribution in [3.05, 3.63) is 52.9 Å². The summed E-state index contributed by atoms with van der Waals surface area (Å²) in [6, 6.07) is 12.0. The van der Waals surface area contributed by atoms with E-state index in [4.69, 9.17) is 19.1 Å². The van der Waals surface area contributed by atoms with Gasteiger partial charge >= 0.3 is 6.09 Å². The van der Waals surface area contributed by atoms with Crippen LogP contribution in [0, 0.1) is 17.1 Å². The van der Waals surface area contributed by atoms with Gasteiger partial charge in [-0.25, -0.2) is 19.2 Å². The number of piperazine rings is 1. The topological polar surface area (TPSA) is 98.7 Å². The van der Waals surface area contributed by atoms with Crippen LogP contribution in [0.3, 0.4) is 0 Å². The fourth-order valence-electron chi connectivity index (χ4n) is 4.63. The molecule has 3 aromatic heterocycles. The van der Waals surface area contributed by atoms with E-state index in [-0.39, 0.29) is 11.9 Å². The second-order valence-electron chi connectivity index (χ2n) is 10.5. The molecule has 0 N–H and O–H groups in total. The quantitative estimate of drug-likeness (QED) is 0.278. The molecule has 0 radical (unpaired) electrons. The normalized spacial score (nSPS) is 13.9. The van der Waals surface area contributed by atoms with Crippen molar-refractivity contribution in [3.8, 4) is 17.3 Å². The van der Waals surface area contributed by atoms with E-state index in [0.717, 1.165) is 17.3 Å². The number of furan rings is 1. The molecule has 11 heteroatoms. The number of carbonyl (C=O) groups is 1. The van der Waals surface area contributed by atoms with Gasteiger partial charge in [-0.1, -0.05) is 18.3 Å². The molecular weight excluding hydrogens is 531 g/mol. The van der Waals surface area contributed by atoms with Crippen molar-refractivity contribution >= 4 is 45.2 Å². The van der Waals surface area contributed by atoms with E-state index in [1.807, 2.05) is 51.8 Å². The molecule has 0 atom stereocenters. The van der Waals surface area contributed by atoms with Crippen LogP contribution in [0.15, 0.2) is 40.8 Å².